The Kier molecular flexibility index (Phi) is 4.04. The number of ether oxygens (including phenoxy) is 1. The number of allylic oxidation sites excluding steroid dienone is 4. The van der Waals surface area contributed by atoms with Crippen molar-refractivity contribution in [1.29, 1.82) is 0 Å². The van der Waals surface area contributed by atoms with Crippen LogP contribution in [0.1, 0.15) is 0 Å². The molecule has 1 aromatic rings. The van der Waals surface area contributed by atoms with Gasteiger partial charge in [-0.3, -0.25) is 14.4 Å². The molecule has 124 valence electrons. The lowest BCUT2D eigenvalue weighted by Gasteiger charge is -2.19. The van der Waals surface area contributed by atoms with Gasteiger partial charge in [-0.15, -0.1) is 11.8 Å². The number of rotatable bonds is 3. The molecular formula is C15H6F4O4S. The van der Waals surface area contributed by atoms with Crippen LogP contribution in [0.4, 0.5) is 17.6 Å². The van der Waals surface area contributed by atoms with E-state index in [0.29, 0.717) is 30.0 Å². The summed E-state index contributed by atoms with van der Waals surface area (Å²) < 4.78 is 58.1. The maximum atomic E-state index is 13.4. The molecule has 24 heavy (non-hydrogen) atoms. The molecule has 1 heterocycles. The van der Waals surface area contributed by atoms with Crippen LogP contribution in [-0.2, 0) is 14.4 Å². The molecule has 0 aromatic heterocycles. The third-order valence-corrected chi connectivity index (χ3v) is 4.35. The van der Waals surface area contributed by atoms with Crippen molar-refractivity contribution in [2.24, 2.45) is 0 Å². The minimum atomic E-state index is -3.29. The van der Waals surface area contributed by atoms with Crippen molar-refractivity contribution >= 4 is 29.1 Å². The third kappa shape index (κ3) is 2.64. The van der Waals surface area contributed by atoms with Crippen LogP contribution in [0.5, 0.6) is 5.75 Å². The summed E-state index contributed by atoms with van der Waals surface area (Å²) in [5, 5.41) is 0. The van der Waals surface area contributed by atoms with Gasteiger partial charge < -0.3 is 4.74 Å². The van der Waals surface area contributed by atoms with Crippen molar-refractivity contribution in [2.75, 3.05) is 5.75 Å². The average Bonchev–Trinajstić information content (AvgIpc) is 2.85. The van der Waals surface area contributed by atoms with Crippen molar-refractivity contribution in [3.05, 3.63) is 51.6 Å². The average molecular weight is 358 g/mol. The summed E-state index contributed by atoms with van der Waals surface area (Å²) in [5.74, 6) is -7.33. The molecule has 0 bridgehead atoms. The topological polar surface area (TPSA) is 60.4 Å². The molecule has 0 atom stereocenters. The van der Waals surface area contributed by atoms with Crippen LogP contribution in [0.2, 0.25) is 0 Å². The van der Waals surface area contributed by atoms with Crippen molar-refractivity contribution in [3.8, 4) is 5.75 Å². The zero-order chi connectivity index (χ0) is 17.6. The molecule has 0 unspecified atom stereocenters. The number of carbonyl (C=O) groups is 3. The van der Waals surface area contributed by atoms with Crippen LogP contribution in [0, 0.1) is 11.6 Å². The predicted octanol–water partition coefficient (Wildman–Crippen LogP) is 2.58. The van der Waals surface area contributed by atoms with E-state index in [0.717, 1.165) is 0 Å². The fraction of sp³-hybridized carbons (Fsp3) is 0.133. The summed E-state index contributed by atoms with van der Waals surface area (Å²) in [5.41, 5.74) is -1.60. The van der Waals surface area contributed by atoms with Gasteiger partial charge in [-0.05, 0) is 0 Å². The molecule has 3 rings (SSSR count). The first-order valence-corrected chi connectivity index (χ1v) is 7.44. The van der Waals surface area contributed by atoms with Crippen molar-refractivity contribution in [2.45, 2.75) is 6.43 Å². The Hall–Kier alpha value is -2.42. The van der Waals surface area contributed by atoms with Gasteiger partial charge in [0.2, 0.25) is 5.78 Å². The summed E-state index contributed by atoms with van der Waals surface area (Å²) >= 11 is 0.697. The van der Waals surface area contributed by atoms with Gasteiger partial charge in [0.1, 0.15) is 17.4 Å². The van der Waals surface area contributed by atoms with Crippen LogP contribution >= 0.6 is 11.8 Å². The number of Topliss-reactive ketones (excluding diaryl/α,β-unsaturated/α-hetero) is 3. The number of ketones is 3. The van der Waals surface area contributed by atoms with Gasteiger partial charge in [0, 0.05) is 23.8 Å². The maximum absolute atomic E-state index is 13.4. The summed E-state index contributed by atoms with van der Waals surface area (Å²) in [6, 6.07) is 1.83. The lowest BCUT2D eigenvalue weighted by Crippen LogP contribution is -2.30. The van der Waals surface area contributed by atoms with E-state index >= 15 is 0 Å². The monoisotopic (exact) mass is 358 g/mol. The van der Waals surface area contributed by atoms with E-state index < -0.39 is 58.1 Å². The van der Waals surface area contributed by atoms with Gasteiger partial charge in [-0.25, -0.2) is 17.6 Å². The lowest BCUT2D eigenvalue weighted by atomic mass is 9.92. The number of thioether (sulfide) groups is 1. The molecule has 1 aliphatic carbocycles. The predicted molar refractivity (Wildman–Crippen MR) is 74.5 cm³/mol. The first-order chi connectivity index (χ1) is 11.3. The van der Waals surface area contributed by atoms with Crippen LogP contribution in [-0.4, -0.2) is 29.5 Å². The van der Waals surface area contributed by atoms with Gasteiger partial charge in [-0.2, -0.15) is 0 Å². The molecule has 2 aliphatic rings. The van der Waals surface area contributed by atoms with E-state index in [1.54, 1.807) is 0 Å². The normalized spacial score (nSPS) is 18.0. The van der Waals surface area contributed by atoms with Crippen molar-refractivity contribution in [3.63, 3.8) is 0 Å². The molecule has 1 aromatic carbocycles. The zero-order valence-corrected chi connectivity index (χ0v) is 12.4. The smallest absolute Gasteiger partial charge is 0.269 e. The Labute approximate surface area is 136 Å². The second-order valence-electron chi connectivity index (χ2n) is 4.82. The quantitative estimate of drug-likeness (QED) is 0.472. The van der Waals surface area contributed by atoms with E-state index in [4.69, 9.17) is 4.74 Å². The molecule has 0 N–H and O–H groups in total. The highest BCUT2D eigenvalue weighted by Crippen LogP contribution is 2.41. The molecule has 0 radical (unpaired) electrons. The van der Waals surface area contributed by atoms with Crippen LogP contribution < -0.4 is 4.74 Å². The van der Waals surface area contributed by atoms with E-state index in [1.807, 2.05) is 0 Å². The first-order valence-electron chi connectivity index (χ1n) is 6.45. The largest absolute Gasteiger partial charge is 0.452 e. The fourth-order valence-electron chi connectivity index (χ4n) is 2.32. The van der Waals surface area contributed by atoms with Crippen molar-refractivity contribution in [1.82, 2.24) is 0 Å². The number of halogens is 4. The van der Waals surface area contributed by atoms with E-state index in [1.165, 1.54) is 0 Å². The second-order valence-corrected chi connectivity index (χ2v) is 5.81. The molecule has 1 aliphatic heterocycles. The Morgan fingerprint density at radius 1 is 1.00 bits per heavy atom. The Morgan fingerprint density at radius 2 is 1.62 bits per heavy atom. The Balaban J connectivity index is 2.16. The van der Waals surface area contributed by atoms with Crippen LogP contribution in [0.3, 0.4) is 0 Å². The molecule has 0 saturated heterocycles. The number of carbonyl (C=O) groups excluding carboxylic acids is 3. The summed E-state index contributed by atoms with van der Waals surface area (Å²) in [6.45, 7) is 0. The van der Waals surface area contributed by atoms with Gasteiger partial charge in [-0.1, -0.05) is 0 Å². The fourth-order valence-corrected chi connectivity index (χ4v) is 3.33. The highest BCUT2D eigenvalue weighted by Gasteiger charge is 2.45. The third-order valence-electron chi connectivity index (χ3n) is 3.26. The van der Waals surface area contributed by atoms with Gasteiger partial charge >= 0.3 is 0 Å². The standard InChI is InChI=1S/C15H6F4O4S/c16-5-1-6(17)3-7(2-5)23-13-10(15(18)19)9-8(20)4-24-14(9)12(22)11(13)21/h1-3,15H,4H2. The van der Waals surface area contributed by atoms with E-state index in [9.17, 15) is 31.9 Å². The van der Waals surface area contributed by atoms with Gasteiger partial charge in [0.15, 0.2) is 11.5 Å². The number of hydrogen-bond acceptors (Lipinski definition) is 5. The van der Waals surface area contributed by atoms with Gasteiger partial charge in [0.25, 0.3) is 12.2 Å². The summed E-state index contributed by atoms with van der Waals surface area (Å²) in [4.78, 5) is 35.5. The zero-order valence-electron chi connectivity index (χ0n) is 11.6. The number of benzene rings is 1. The molecule has 4 nitrogen and oxygen atoms in total. The lowest BCUT2D eigenvalue weighted by molar-refractivity contribution is -0.133. The highest BCUT2D eigenvalue weighted by molar-refractivity contribution is 8.05. The summed E-state index contributed by atoms with van der Waals surface area (Å²) in [7, 11) is 0. The molecule has 0 saturated carbocycles. The van der Waals surface area contributed by atoms with E-state index in [2.05, 4.69) is 0 Å². The number of hydrogen-bond donors (Lipinski definition) is 0. The molecular weight excluding hydrogens is 352 g/mol. The molecule has 9 heteroatoms. The highest BCUT2D eigenvalue weighted by atomic mass is 32.2. The summed E-state index contributed by atoms with van der Waals surface area (Å²) in [6.07, 6.45) is -3.29. The maximum Gasteiger partial charge on any atom is 0.269 e. The molecule has 0 fully saturated rings. The second kappa shape index (κ2) is 5.90. The number of alkyl halides is 2. The van der Waals surface area contributed by atoms with Gasteiger partial charge in [0.05, 0.1) is 16.2 Å². The molecule has 0 spiro atoms. The minimum absolute atomic E-state index is 0.248. The Bertz CT molecular complexity index is 837. The first kappa shape index (κ1) is 16.4. The molecule has 0 amide bonds. The minimum Gasteiger partial charge on any atom is -0.452 e. The van der Waals surface area contributed by atoms with Crippen LogP contribution in [0.25, 0.3) is 0 Å². The van der Waals surface area contributed by atoms with E-state index in [-0.39, 0.29) is 10.7 Å². The Morgan fingerprint density at radius 3 is 2.21 bits per heavy atom. The SMILES string of the molecule is O=C1CSC2=C1C(C(F)F)=C(Oc1cc(F)cc(F)c1)C(=O)C2=O. The van der Waals surface area contributed by atoms with Crippen LogP contribution in [0.15, 0.2) is 40.0 Å². The van der Waals surface area contributed by atoms with Crippen molar-refractivity contribution < 1.29 is 36.7 Å².